The molecule has 0 amide bonds. The van der Waals surface area contributed by atoms with Crippen LogP contribution in [0.25, 0.3) is 0 Å². The zero-order chi connectivity index (χ0) is 12.6. The van der Waals surface area contributed by atoms with Crippen molar-refractivity contribution >= 4 is 0 Å². The van der Waals surface area contributed by atoms with Gasteiger partial charge >= 0.3 is 0 Å². The number of hydrogen-bond acceptors (Lipinski definition) is 1. The summed E-state index contributed by atoms with van der Waals surface area (Å²) < 4.78 is 5.41. The first-order valence-corrected chi connectivity index (χ1v) is 7.80. The van der Waals surface area contributed by atoms with Crippen LogP contribution in [-0.2, 0) is 4.74 Å². The fraction of sp³-hybridized carbons (Fsp3) is 1.00. The molecule has 1 aliphatic heterocycles. The van der Waals surface area contributed by atoms with Crippen LogP contribution in [0.5, 0.6) is 0 Å². The zero-order valence-electron chi connectivity index (χ0n) is 12.3. The first-order chi connectivity index (χ1) is 8.23. The highest BCUT2D eigenvalue weighted by Gasteiger charge is 2.37. The Labute approximate surface area is 108 Å². The first kappa shape index (κ1) is 15.0. The molecule has 0 aromatic carbocycles. The van der Waals surface area contributed by atoms with Gasteiger partial charge in [0.25, 0.3) is 0 Å². The topological polar surface area (TPSA) is 9.23 Å². The molecule has 0 aromatic rings. The molecule has 0 aliphatic carbocycles. The number of rotatable bonds is 10. The Balaban J connectivity index is 2.24. The molecule has 1 nitrogen and oxygen atoms in total. The largest absolute Gasteiger partial charge is 0.381 e. The summed E-state index contributed by atoms with van der Waals surface area (Å²) in [7, 11) is 0. The van der Waals surface area contributed by atoms with E-state index in [2.05, 4.69) is 20.8 Å². The minimum absolute atomic E-state index is 0.570. The molecule has 0 radical (unpaired) electrons. The van der Waals surface area contributed by atoms with E-state index in [0.717, 1.165) is 19.1 Å². The van der Waals surface area contributed by atoms with Crippen molar-refractivity contribution in [2.24, 2.45) is 11.3 Å². The van der Waals surface area contributed by atoms with E-state index >= 15 is 0 Å². The number of ether oxygens (including phenoxy) is 1. The second-order valence-corrected chi connectivity index (χ2v) is 6.16. The van der Waals surface area contributed by atoms with Crippen LogP contribution < -0.4 is 0 Å². The average Bonchev–Trinajstić information content (AvgIpc) is 2.24. The SMILES string of the molecule is CCCCCCCC(C)(CCCC)C1COC1. The van der Waals surface area contributed by atoms with E-state index in [9.17, 15) is 0 Å². The molecule has 0 saturated carbocycles. The summed E-state index contributed by atoms with van der Waals surface area (Å²) >= 11 is 0. The third kappa shape index (κ3) is 4.99. The van der Waals surface area contributed by atoms with Crippen molar-refractivity contribution in [1.82, 2.24) is 0 Å². The Kier molecular flexibility index (Phi) is 7.18. The van der Waals surface area contributed by atoms with Crippen molar-refractivity contribution in [1.29, 1.82) is 0 Å². The van der Waals surface area contributed by atoms with Gasteiger partial charge in [-0.05, 0) is 18.3 Å². The Morgan fingerprint density at radius 1 is 0.882 bits per heavy atom. The normalized spacial score (nSPS) is 19.9. The standard InChI is InChI=1S/C16H32O/c1-4-6-8-9-10-12-16(3,11-7-5-2)15-13-17-14-15/h15H,4-14H2,1-3H3. The highest BCUT2D eigenvalue weighted by Crippen LogP contribution is 2.42. The van der Waals surface area contributed by atoms with Crippen molar-refractivity contribution in [3.8, 4) is 0 Å². The van der Waals surface area contributed by atoms with Gasteiger partial charge in [0.1, 0.15) is 0 Å². The van der Waals surface area contributed by atoms with Crippen molar-refractivity contribution in [3.05, 3.63) is 0 Å². The summed E-state index contributed by atoms with van der Waals surface area (Å²) in [5.74, 6) is 0.847. The maximum Gasteiger partial charge on any atom is 0.0521 e. The predicted octanol–water partition coefficient (Wildman–Crippen LogP) is 5.19. The maximum atomic E-state index is 5.41. The van der Waals surface area contributed by atoms with Gasteiger partial charge in [-0.3, -0.25) is 0 Å². The summed E-state index contributed by atoms with van der Waals surface area (Å²) in [6.07, 6.45) is 12.6. The van der Waals surface area contributed by atoms with Crippen molar-refractivity contribution in [2.45, 2.75) is 78.6 Å². The van der Waals surface area contributed by atoms with Crippen LogP contribution in [0.1, 0.15) is 78.6 Å². The molecule has 102 valence electrons. The highest BCUT2D eigenvalue weighted by atomic mass is 16.5. The molecule has 1 heteroatoms. The van der Waals surface area contributed by atoms with E-state index in [4.69, 9.17) is 4.74 Å². The van der Waals surface area contributed by atoms with E-state index in [1.54, 1.807) is 0 Å². The maximum absolute atomic E-state index is 5.41. The third-order valence-electron chi connectivity index (χ3n) is 4.58. The lowest BCUT2D eigenvalue weighted by atomic mass is 9.69. The summed E-state index contributed by atoms with van der Waals surface area (Å²) in [5, 5.41) is 0. The molecular formula is C16H32O. The molecule has 0 spiro atoms. The summed E-state index contributed by atoms with van der Waals surface area (Å²) in [4.78, 5) is 0. The lowest BCUT2D eigenvalue weighted by molar-refractivity contribution is -0.100. The van der Waals surface area contributed by atoms with Gasteiger partial charge in [0, 0.05) is 5.92 Å². The Bertz CT molecular complexity index is 186. The average molecular weight is 240 g/mol. The van der Waals surface area contributed by atoms with Crippen LogP contribution in [0.2, 0.25) is 0 Å². The second kappa shape index (κ2) is 8.13. The van der Waals surface area contributed by atoms with Crippen LogP contribution in [0, 0.1) is 11.3 Å². The van der Waals surface area contributed by atoms with Gasteiger partial charge in [-0.15, -0.1) is 0 Å². The first-order valence-electron chi connectivity index (χ1n) is 7.80. The monoisotopic (exact) mass is 240 g/mol. The van der Waals surface area contributed by atoms with Crippen molar-refractivity contribution in [2.75, 3.05) is 13.2 Å². The molecule has 0 N–H and O–H groups in total. The van der Waals surface area contributed by atoms with E-state index < -0.39 is 0 Å². The molecule has 0 bridgehead atoms. The molecule has 1 unspecified atom stereocenters. The number of hydrogen-bond donors (Lipinski definition) is 0. The van der Waals surface area contributed by atoms with Crippen LogP contribution in [0.4, 0.5) is 0 Å². The molecule has 1 saturated heterocycles. The highest BCUT2D eigenvalue weighted by molar-refractivity contribution is 4.86. The van der Waals surface area contributed by atoms with Crippen LogP contribution in [0.15, 0.2) is 0 Å². The molecule has 1 heterocycles. The van der Waals surface area contributed by atoms with Gasteiger partial charge in [0.2, 0.25) is 0 Å². The van der Waals surface area contributed by atoms with Crippen LogP contribution >= 0.6 is 0 Å². The van der Waals surface area contributed by atoms with E-state index in [1.807, 2.05) is 0 Å². The van der Waals surface area contributed by atoms with Gasteiger partial charge in [-0.25, -0.2) is 0 Å². The fourth-order valence-electron chi connectivity index (χ4n) is 2.88. The predicted molar refractivity (Wildman–Crippen MR) is 75.3 cm³/mol. The van der Waals surface area contributed by atoms with Gasteiger partial charge in [-0.2, -0.15) is 0 Å². The Morgan fingerprint density at radius 3 is 2.00 bits per heavy atom. The van der Waals surface area contributed by atoms with Gasteiger partial charge < -0.3 is 4.74 Å². The van der Waals surface area contributed by atoms with Crippen molar-refractivity contribution < 1.29 is 4.74 Å². The smallest absolute Gasteiger partial charge is 0.0521 e. The molecule has 0 aromatic heterocycles. The van der Waals surface area contributed by atoms with Crippen LogP contribution in [0.3, 0.4) is 0 Å². The third-order valence-corrected chi connectivity index (χ3v) is 4.58. The van der Waals surface area contributed by atoms with Crippen LogP contribution in [-0.4, -0.2) is 13.2 Å². The summed E-state index contributed by atoms with van der Waals surface area (Å²) in [5.41, 5.74) is 0.570. The molecule has 1 atom stereocenters. The quantitative estimate of drug-likeness (QED) is 0.477. The lowest BCUT2D eigenvalue weighted by Crippen LogP contribution is -2.41. The van der Waals surface area contributed by atoms with Gasteiger partial charge in [-0.1, -0.05) is 65.7 Å². The molecule has 17 heavy (non-hydrogen) atoms. The number of unbranched alkanes of at least 4 members (excludes halogenated alkanes) is 5. The van der Waals surface area contributed by atoms with Crippen molar-refractivity contribution in [3.63, 3.8) is 0 Å². The summed E-state index contributed by atoms with van der Waals surface area (Å²) in [6, 6.07) is 0. The molecule has 1 fully saturated rings. The summed E-state index contributed by atoms with van der Waals surface area (Å²) in [6.45, 7) is 9.15. The Hall–Kier alpha value is -0.0400. The lowest BCUT2D eigenvalue weighted by Gasteiger charge is -2.43. The van der Waals surface area contributed by atoms with E-state index in [-0.39, 0.29) is 0 Å². The minimum Gasteiger partial charge on any atom is -0.381 e. The minimum atomic E-state index is 0.570. The van der Waals surface area contributed by atoms with E-state index in [0.29, 0.717) is 5.41 Å². The molecular weight excluding hydrogens is 208 g/mol. The Morgan fingerprint density at radius 2 is 1.47 bits per heavy atom. The van der Waals surface area contributed by atoms with E-state index in [1.165, 1.54) is 57.8 Å². The zero-order valence-corrected chi connectivity index (χ0v) is 12.3. The second-order valence-electron chi connectivity index (χ2n) is 6.16. The molecule has 1 rings (SSSR count). The molecule has 1 aliphatic rings. The fourth-order valence-corrected chi connectivity index (χ4v) is 2.88. The van der Waals surface area contributed by atoms with Gasteiger partial charge in [0.15, 0.2) is 0 Å². The van der Waals surface area contributed by atoms with Gasteiger partial charge in [0.05, 0.1) is 13.2 Å².